The number of hydrogen-bond donors (Lipinski definition) is 2. The highest BCUT2D eigenvalue weighted by Crippen LogP contribution is 2.29. The van der Waals surface area contributed by atoms with Gasteiger partial charge in [0.1, 0.15) is 5.75 Å². The minimum absolute atomic E-state index is 0.182. The van der Waals surface area contributed by atoms with E-state index in [4.69, 9.17) is 15.0 Å². The fourth-order valence-corrected chi connectivity index (χ4v) is 1.59. The summed E-state index contributed by atoms with van der Waals surface area (Å²) >= 11 is 0. The summed E-state index contributed by atoms with van der Waals surface area (Å²) in [4.78, 5) is 15.3. The number of aromatic nitrogens is 2. The lowest BCUT2D eigenvalue weighted by molar-refractivity contribution is -0.114. The summed E-state index contributed by atoms with van der Waals surface area (Å²) in [6.07, 6.45) is 0. The van der Waals surface area contributed by atoms with Gasteiger partial charge < -0.3 is 20.3 Å². The quantitative estimate of drug-likeness (QED) is 0.857. The van der Waals surface area contributed by atoms with Crippen LogP contribution in [0, 0.1) is 0 Å². The summed E-state index contributed by atoms with van der Waals surface area (Å²) in [6, 6.07) is 5.21. The second-order valence-electron chi connectivity index (χ2n) is 3.81. The molecule has 0 aliphatic heterocycles. The Morgan fingerprint density at radius 1 is 1.53 bits per heavy atom. The zero-order chi connectivity index (χ0) is 13.8. The molecule has 0 unspecified atom stereocenters. The number of nitrogens with two attached hydrogens (primary N) is 1. The molecule has 1 aromatic heterocycles. The average molecular weight is 262 g/mol. The van der Waals surface area contributed by atoms with Crippen molar-refractivity contribution in [3.05, 3.63) is 24.1 Å². The highest BCUT2D eigenvalue weighted by molar-refractivity contribution is 5.91. The predicted octanol–water partition coefficient (Wildman–Crippen LogP) is 1.16. The molecule has 1 aromatic carbocycles. The third-order valence-corrected chi connectivity index (χ3v) is 2.41. The number of nitrogens with one attached hydrogen (secondary N) is 1. The number of amides is 1. The third kappa shape index (κ3) is 2.89. The van der Waals surface area contributed by atoms with E-state index in [1.807, 2.05) is 0 Å². The SMILES string of the molecule is COc1ccc(-c2noc(CN)n2)cc1NC(C)=O. The molecule has 19 heavy (non-hydrogen) atoms. The molecule has 0 aliphatic carbocycles. The molecule has 100 valence electrons. The lowest BCUT2D eigenvalue weighted by atomic mass is 10.1. The molecule has 7 heteroatoms. The van der Waals surface area contributed by atoms with Gasteiger partial charge in [-0.15, -0.1) is 0 Å². The maximum Gasteiger partial charge on any atom is 0.240 e. The van der Waals surface area contributed by atoms with Crippen molar-refractivity contribution in [1.82, 2.24) is 10.1 Å². The van der Waals surface area contributed by atoms with E-state index in [2.05, 4.69) is 15.5 Å². The van der Waals surface area contributed by atoms with Gasteiger partial charge in [-0.1, -0.05) is 5.16 Å². The van der Waals surface area contributed by atoms with Crippen molar-refractivity contribution in [2.45, 2.75) is 13.5 Å². The summed E-state index contributed by atoms with van der Waals surface area (Å²) in [5.41, 5.74) is 6.66. The van der Waals surface area contributed by atoms with Gasteiger partial charge in [-0.2, -0.15) is 4.98 Å². The monoisotopic (exact) mass is 262 g/mol. The number of benzene rings is 1. The number of rotatable bonds is 4. The number of methoxy groups -OCH3 is 1. The molecular weight excluding hydrogens is 248 g/mol. The topological polar surface area (TPSA) is 103 Å². The molecule has 0 radical (unpaired) electrons. The van der Waals surface area contributed by atoms with E-state index in [0.717, 1.165) is 0 Å². The van der Waals surface area contributed by atoms with Crippen LogP contribution in [-0.4, -0.2) is 23.2 Å². The van der Waals surface area contributed by atoms with Crippen LogP contribution in [0.5, 0.6) is 5.75 Å². The Morgan fingerprint density at radius 3 is 2.89 bits per heavy atom. The fraction of sp³-hybridized carbons (Fsp3) is 0.250. The van der Waals surface area contributed by atoms with Crippen LogP contribution in [0.1, 0.15) is 12.8 Å². The van der Waals surface area contributed by atoms with Crippen molar-refractivity contribution < 1.29 is 14.1 Å². The van der Waals surface area contributed by atoms with Gasteiger partial charge in [0.05, 0.1) is 19.3 Å². The lowest BCUT2D eigenvalue weighted by Crippen LogP contribution is -2.07. The van der Waals surface area contributed by atoms with Gasteiger partial charge in [0, 0.05) is 12.5 Å². The van der Waals surface area contributed by atoms with Crippen molar-refractivity contribution in [2.75, 3.05) is 12.4 Å². The smallest absolute Gasteiger partial charge is 0.240 e. The maximum absolute atomic E-state index is 11.1. The molecule has 3 N–H and O–H groups in total. The first kappa shape index (κ1) is 13.0. The zero-order valence-corrected chi connectivity index (χ0v) is 10.6. The number of nitrogens with zero attached hydrogens (tertiary/aromatic N) is 2. The fourth-order valence-electron chi connectivity index (χ4n) is 1.59. The number of ether oxygens (including phenoxy) is 1. The maximum atomic E-state index is 11.1. The summed E-state index contributed by atoms with van der Waals surface area (Å²) in [6.45, 7) is 1.61. The number of carbonyl (C=O) groups excluding carboxylic acids is 1. The molecule has 0 aliphatic rings. The Bertz CT molecular complexity index is 594. The normalized spacial score (nSPS) is 10.3. The molecule has 1 heterocycles. The largest absolute Gasteiger partial charge is 0.495 e. The number of anilines is 1. The van der Waals surface area contributed by atoms with Crippen LogP contribution in [-0.2, 0) is 11.3 Å². The van der Waals surface area contributed by atoms with Crippen molar-refractivity contribution >= 4 is 11.6 Å². The lowest BCUT2D eigenvalue weighted by Gasteiger charge is -2.09. The van der Waals surface area contributed by atoms with Gasteiger partial charge in [0.15, 0.2) is 0 Å². The van der Waals surface area contributed by atoms with E-state index in [1.165, 1.54) is 14.0 Å². The highest BCUT2D eigenvalue weighted by Gasteiger charge is 2.11. The zero-order valence-electron chi connectivity index (χ0n) is 10.6. The molecule has 7 nitrogen and oxygen atoms in total. The minimum atomic E-state index is -0.189. The van der Waals surface area contributed by atoms with Crippen molar-refractivity contribution in [2.24, 2.45) is 5.73 Å². The number of hydrogen-bond acceptors (Lipinski definition) is 6. The molecule has 0 saturated carbocycles. The van der Waals surface area contributed by atoms with Crippen LogP contribution in [0.2, 0.25) is 0 Å². The van der Waals surface area contributed by atoms with Crippen LogP contribution in [0.4, 0.5) is 5.69 Å². The van der Waals surface area contributed by atoms with Gasteiger partial charge in [-0.25, -0.2) is 0 Å². The molecule has 0 fully saturated rings. The van der Waals surface area contributed by atoms with Crippen LogP contribution in [0.15, 0.2) is 22.7 Å². The first-order valence-electron chi connectivity index (χ1n) is 5.62. The number of carbonyl (C=O) groups is 1. The summed E-state index contributed by atoms with van der Waals surface area (Å²) in [7, 11) is 1.53. The summed E-state index contributed by atoms with van der Waals surface area (Å²) < 4.78 is 10.1. The first-order chi connectivity index (χ1) is 9.13. The summed E-state index contributed by atoms with van der Waals surface area (Å²) in [5, 5.41) is 6.49. The van der Waals surface area contributed by atoms with Gasteiger partial charge in [0.25, 0.3) is 0 Å². The van der Waals surface area contributed by atoms with Crippen LogP contribution >= 0.6 is 0 Å². The van der Waals surface area contributed by atoms with Crippen LogP contribution < -0.4 is 15.8 Å². The van der Waals surface area contributed by atoms with Crippen LogP contribution in [0.25, 0.3) is 11.4 Å². The van der Waals surface area contributed by atoms with Crippen molar-refractivity contribution in [3.63, 3.8) is 0 Å². The van der Waals surface area contributed by atoms with E-state index in [0.29, 0.717) is 28.7 Å². The van der Waals surface area contributed by atoms with E-state index in [1.54, 1.807) is 18.2 Å². The Hall–Kier alpha value is -2.41. The van der Waals surface area contributed by atoms with Gasteiger partial charge in [-0.3, -0.25) is 4.79 Å². The van der Waals surface area contributed by atoms with E-state index >= 15 is 0 Å². The average Bonchev–Trinajstić information content (AvgIpc) is 2.86. The Morgan fingerprint density at radius 2 is 2.32 bits per heavy atom. The standard InChI is InChI=1S/C12H14N4O3/c1-7(17)14-9-5-8(3-4-10(9)18-2)12-15-11(6-13)19-16-12/h3-5H,6,13H2,1-2H3,(H,14,17). The second-order valence-corrected chi connectivity index (χ2v) is 3.81. The molecule has 0 saturated heterocycles. The third-order valence-electron chi connectivity index (χ3n) is 2.41. The molecule has 0 bridgehead atoms. The molecule has 0 atom stereocenters. The molecule has 2 aromatic rings. The van der Waals surface area contributed by atoms with Crippen LogP contribution in [0.3, 0.4) is 0 Å². The van der Waals surface area contributed by atoms with E-state index in [9.17, 15) is 4.79 Å². The predicted molar refractivity (Wildman–Crippen MR) is 68.5 cm³/mol. The molecule has 1 amide bonds. The minimum Gasteiger partial charge on any atom is -0.495 e. The van der Waals surface area contributed by atoms with Crippen molar-refractivity contribution in [1.29, 1.82) is 0 Å². The highest BCUT2D eigenvalue weighted by atomic mass is 16.5. The van der Waals surface area contributed by atoms with E-state index in [-0.39, 0.29) is 12.5 Å². The molecule has 0 spiro atoms. The Balaban J connectivity index is 2.38. The second kappa shape index (κ2) is 5.49. The van der Waals surface area contributed by atoms with Gasteiger partial charge >= 0.3 is 0 Å². The van der Waals surface area contributed by atoms with E-state index < -0.39 is 0 Å². The van der Waals surface area contributed by atoms with Crippen molar-refractivity contribution in [3.8, 4) is 17.1 Å². The molecular formula is C12H14N4O3. The molecule has 2 rings (SSSR count). The summed E-state index contributed by atoms with van der Waals surface area (Å²) in [5.74, 6) is 1.13. The van der Waals surface area contributed by atoms with Gasteiger partial charge in [0.2, 0.25) is 17.6 Å². The first-order valence-corrected chi connectivity index (χ1v) is 5.62. The Labute approximate surface area is 109 Å². The van der Waals surface area contributed by atoms with Gasteiger partial charge in [-0.05, 0) is 18.2 Å². The Kier molecular flexibility index (Phi) is 3.76.